The first kappa shape index (κ1) is 12.2. The fourth-order valence-electron chi connectivity index (χ4n) is 2.03. The van der Waals surface area contributed by atoms with Gasteiger partial charge < -0.3 is 20.4 Å². The number of hydrogen-bond donors (Lipinski definition) is 4. The van der Waals surface area contributed by atoms with Gasteiger partial charge in [-0.05, 0) is 0 Å². The van der Waals surface area contributed by atoms with E-state index >= 15 is 0 Å². The molecule has 0 aromatic carbocycles. The van der Waals surface area contributed by atoms with Crippen LogP contribution in [0.3, 0.4) is 0 Å². The van der Waals surface area contributed by atoms with E-state index in [4.69, 9.17) is 5.11 Å². The van der Waals surface area contributed by atoms with Gasteiger partial charge in [-0.15, -0.1) is 0 Å². The summed E-state index contributed by atoms with van der Waals surface area (Å²) in [6.07, 6.45) is -7.14. The molecule has 2 fully saturated rings. The first-order valence-electron chi connectivity index (χ1n) is 4.64. The molecule has 1 aliphatic heterocycles. The molecule has 1 saturated heterocycles. The molecule has 1 aliphatic carbocycles. The molecular weight excluding hydrogens is 244 g/mol. The van der Waals surface area contributed by atoms with Gasteiger partial charge in [0.05, 0.1) is 12.7 Å². The largest absolute Gasteiger partial charge is 0.400 e. The van der Waals surface area contributed by atoms with Crippen LogP contribution in [0, 0.1) is 5.92 Å². The predicted octanol–water partition coefficient (Wildman–Crippen LogP) is -3.28. The van der Waals surface area contributed by atoms with E-state index in [1.165, 1.54) is 0 Å². The molecule has 16 heavy (non-hydrogen) atoms. The Morgan fingerprint density at radius 1 is 0.938 bits per heavy atom. The molecule has 0 aromatic rings. The Morgan fingerprint density at radius 2 is 1.50 bits per heavy atom. The summed E-state index contributed by atoms with van der Waals surface area (Å²) in [6, 6.07) is 0. The van der Waals surface area contributed by atoms with Crippen molar-refractivity contribution in [3.05, 3.63) is 0 Å². The number of fused-ring (bicyclic) bond motifs is 1. The molecule has 4 N–H and O–H groups in total. The van der Waals surface area contributed by atoms with E-state index in [1.54, 1.807) is 0 Å². The standard InChI is InChI=1S/C7H12O8S/c8-1-2-3(9)4(10)5(11)7-6(2)14-16(12,13)15-7/h2-11H,1H2/t2-,3+,4+,5-,6+,7-/m1/s1. The van der Waals surface area contributed by atoms with Crippen LogP contribution in [-0.4, -0.2) is 66.0 Å². The van der Waals surface area contributed by atoms with Gasteiger partial charge in [-0.3, -0.25) is 0 Å². The van der Waals surface area contributed by atoms with Crippen molar-refractivity contribution in [1.82, 2.24) is 0 Å². The Labute approximate surface area is 91.4 Å². The topological polar surface area (TPSA) is 134 Å². The monoisotopic (exact) mass is 256 g/mol. The van der Waals surface area contributed by atoms with Crippen molar-refractivity contribution in [3.8, 4) is 0 Å². The molecule has 0 amide bonds. The summed E-state index contributed by atoms with van der Waals surface area (Å²) in [4.78, 5) is 0. The quantitative estimate of drug-likeness (QED) is 0.384. The van der Waals surface area contributed by atoms with Gasteiger partial charge in [-0.2, -0.15) is 8.42 Å². The van der Waals surface area contributed by atoms with Crippen molar-refractivity contribution in [1.29, 1.82) is 0 Å². The summed E-state index contributed by atoms with van der Waals surface area (Å²) in [5.41, 5.74) is 0. The molecular formula is C7H12O8S. The Morgan fingerprint density at radius 3 is 2.06 bits per heavy atom. The maximum absolute atomic E-state index is 11.0. The first-order valence-corrected chi connectivity index (χ1v) is 5.97. The molecule has 0 spiro atoms. The number of aliphatic hydroxyl groups excluding tert-OH is 4. The molecule has 0 bridgehead atoms. The highest BCUT2D eigenvalue weighted by molar-refractivity contribution is 7.82. The van der Waals surface area contributed by atoms with Crippen LogP contribution in [0.1, 0.15) is 0 Å². The van der Waals surface area contributed by atoms with Crippen LogP contribution in [0.2, 0.25) is 0 Å². The van der Waals surface area contributed by atoms with Gasteiger partial charge in [0, 0.05) is 5.92 Å². The van der Waals surface area contributed by atoms with Crippen LogP contribution in [0.15, 0.2) is 0 Å². The smallest absolute Gasteiger partial charge is 0.396 e. The molecule has 8 nitrogen and oxygen atoms in total. The molecule has 9 heteroatoms. The third-order valence-electron chi connectivity index (χ3n) is 2.89. The average Bonchev–Trinajstić information content (AvgIpc) is 2.52. The summed E-state index contributed by atoms with van der Waals surface area (Å²) in [7, 11) is -4.24. The molecule has 94 valence electrons. The van der Waals surface area contributed by atoms with E-state index in [2.05, 4.69) is 8.37 Å². The van der Waals surface area contributed by atoms with Gasteiger partial charge in [0.1, 0.15) is 24.4 Å². The minimum atomic E-state index is -4.24. The molecule has 1 saturated carbocycles. The van der Waals surface area contributed by atoms with Gasteiger partial charge >= 0.3 is 10.4 Å². The Balaban J connectivity index is 2.32. The Kier molecular flexibility index (Phi) is 2.95. The van der Waals surface area contributed by atoms with Crippen molar-refractivity contribution in [2.24, 2.45) is 5.92 Å². The minimum Gasteiger partial charge on any atom is -0.396 e. The van der Waals surface area contributed by atoms with Crippen molar-refractivity contribution in [2.45, 2.75) is 30.5 Å². The second-order valence-corrected chi connectivity index (χ2v) is 5.05. The van der Waals surface area contributed by atoms with E-state index in [-0.39, 0.29) is 0 Å². The summed E-state index contributed by atoms with van der Waals surface area (Å²) >= 11 is 0. The van der Waals surface area contributed by atoms with Crippen molar-refractivity contribution in [3.63, 3.8) is 0 Å². The minimum absolute atomic E-state index is 0.592. The van der Waals surface area contributed by atoms with Crippen molar-refractivity contribution in [2.75, 3.05) is 6.61 Å². The van der Waals surface area contributed by atoms with Crippen LogP contribution < -0.4 is 0 Å². The van der Waals surface area contributed by atoms with E-state index < -0.39 is 53.4 Å². The van der Waals surface area contributed by atoms with Crippen molar-refractivity contribution >= 4 is 10.4 Å². The van der Waals surface area contributed by atoms with E-state index in [1.807, 2.05) is 0 Å². The molecule has 1 heterocycles. The summed E-state index contributed by atoms with van der Waals surface area (Å²) < 4.78 is 31.0. The highest BCUT2D eigenvalue weighted by Crippen LogP contribution is 2.36. The average molecular weight is 256 g/mol. The fourth-order valence-corrected chi connectivity index (χ4v) is 3.09. The van der Waals surface area contributed by atoms with Gasteiger partial charge in [0.25, 0.3) is 0 Å². The first-order chi connectivity index (χ1) is 7.37. The second-order valence-electron chi connectivity index (χ2n) is 3.85. The molecule has 0 aromatic heterocycles. The number of hydrogen-bond acceptors (Lipinski definition) is 8. The third kappa shape index (κ3) is 1.74. The molecule has 0 radical (unpaired) electrons. The van der Waals surface area contributed by atoms with Crippen LogP contribution in [-0.2, 0) is 18.8 Å². The highest BCUT2D eigenvalue weighted by Gasteiger charge is 2.57. The summed E-state index contributed by atoms with van der Waals surface area (Å²) in [5.74, 6) is -1.03. The van der Waals surface area contributed by atoms with Gasteiger partial charge in [-0.25, -0.2) is 8.37 Å². The van der Waals surface area contributed by atoms with E-state index in [0.717, 1.165) is 0 Å². The lowest BCUT2D eigenvalue weighted by Crippen LogP contribution is -2.60. The zero-order chi connectivity index (χ0) is 12.1. The lowest BCUT2D eigenvalue weighted by atomic mass is 9.79. The lowest BCUT2D eigenvalue weighted by Gasteiger charge is -2.39. The van der Waals surface area contributed by atoms with Gasteiger partial charge in [0.15, 0.2) is 0 Å². The highest BCUT2D eigenvalue weighted by atomic mass is 32.3. The van der Waals surface area contributed by atoms with Crippen LogP contribution >= 0.6 is 0 Å². The Hall–Kier alpha value is -0.290. The van der Waals surface area contributed by atoms with Gasteiger partial charge in [-0.1, -0.05) is 0 Å². The SMILES string of the molecule is O=S1(=O)O[C@@H]2[C@H](O)[C@@H](O)[C@@H](O)[C@@H](CO)[C@@H]2O1. The lowest BCUT2D eigenvalue weighted by molar-refractivity contribution is -0.176. The Bertz CT molecular complexity index is 367. The fraction of sp³-hybridized carbons (Fsp3) is 1.00. The number of aliphatic hydroxyl groups is 4. The maximum Gasteiger partial charge on any atom is 0.400 e. The van der Waals surface area contributed by atoms with Crippen LogP contribution in [0.5, 0.6) is 0 Å². The maximum atomic E-state index is 11.0. The van der Waals surface area contributed by atoms with E-state index in [0.29, 0.717) is 0 Å². The predicted molar refractivity (Wildman–Crippen MR) is 47.3 cm³/mol. The summed E-state index contributed by atoms with van der Waals surface area (Å²) in [6.45, 7) is -0.592. The third-order valence-corrected chi connectivity index (χ3v) is 3.81. The van der Waals surface area contributed by atoms with Crippen LogP contribution in [0.4, 0.5) is 0 Å². The molecule has 6 atom stereocenters. The molecule has 2 aliphatic rings. The zero-order valence-corrected chi connectivity index (χ0v) is 8.82. The zero-order valence-electron chi connectivity index (χ0n) is 8.00. The van der Waals surface area contributed by atoms with Gasteiger partial charge in [0.2, 0.25) is 0 Å². The summed E-state index contributed by atoms with van der Waals surface area (Å²) in [5, 5.41) is 37.5. The van der Waals surface area contributed by atoms with Crippen molar-refractivity contribution < 1.29 is 37.2 Å². The van der Waals surface area contributed by atoms with E-state index in [9.17, 15) is 23.7 Å². The normalized spacial score (nSPS) is 51.2. The second kappa shape index (κ2) is 3.88. The number of rotatable bonds is 1. The van der Waals surface area contributed by atoms with Crippen LogP contribution in [0.25, 0.3) is 0 Å². The molecule has 2 rings (SSSR count). The molecule has 0 unspecified atom stereocenters.